The van der Waals surface area contributed by atoms with Crippen LogP contribution in [0.5, 0.6) is 5.75 Å². The van der Waals surface area contributed by atoms with Gasteiger partial charge in [0.15, 0.2) is 0 Å². The molecule has 0 saturated carbocycles. The van der Waals surface area contributed by atoms with Crippen LogP contribution in [-0.4, -0.2) is 7.11 Å². The molecular weight excluding hydrogens is 151 g/mol. The molecule has 1 aromatic rings. The van der Waals surface area contributed by atoms with Gasteiger partial charge in [-0.1, -0.05) is 6.07 Å². The van der Waals surface area contributed by atoms with Crippen molar-refractivity contribution in [2.45, 2.75) is 4.90 Å². The van der Waals surface area contributed by atoms with Crippen LogP contribution in [0.1, 0.15) is 0 Å². The molecule has 0 atom stereocenters. The predicted molar refractivity (Wildman–Crippen MR) is 40.0 cm³/mol. The summed E-state index contributed by atoms with van der Waals surface area (Å²) in [5, 5.41) is 0. The summed E-state index contributed by atoms with van der Waals surface area (Å²) in [5.41, 5.74) is 0. The van der Waals surface area contributed by atoms with Crippen molar-refractivity contribution in [3.05, 3.63) is 24.3 Å². The first-order valence-electron chi connectivity index (χ1n) is 2.79. The average molecular weight is 158 g/mol. The first-order valence-corrected chi connectivity index (χ1v) is 3.51. The highest BCUT2D eigenvalue weighted by atomic mass is 32.2. The summed E-state index contributed by atoms with van der Waals surface area (Å²) in [5.74, 6) is 0.683. The number of methoxy groups -OCH3 is 1. The molecule has 54 valence electrons. The average Bonchev–Trinajstić information content (AvgIpc) is 2.05. The SMILES string of the molecule is COc1cccc(SF)c1. The summed E-state index contributed by atoms with van der Waals surface area (Å²) in [6, 6.07) is 6.86. The second-order valence-corrected chi connectivity index (χ2v) is 2.38. The van der Waals surface area contributed by atoms with E-state index >= 15 is 0 Å². The summed E-state index contributed by atoms with van der Waals surface area (Å²) in [6.45, 7) is 0. The van der Waals surface area contributed by atoms with Crippen molar-refractivity contribution in [1.82, 2.24) is 0 Å². The molecule has 3 heteroatoms. The van der Waals surface area contributed by atoms with Crippen molar-refractivity contribution >= 4 is 12.1 Å². The number of halogens is 1. The molecule has 0 radical (unpaired) electrons. The lowest BCUT2D eigenvalue weighted by molar-refractivity contribution is 0.413. The molecule has 0 aliphatic heterocycles. The van der Waals surface area contributed by atoms with Gasteiger partial charge in [-0.05, 0) is 18.2 Å². The van der Waals surface area contributed by atoms with Gasteiger partial charge in [0.05, 0.1) is 19.3 Å². The molecule has 0 bridgehead atoms. The van der Waals surface area contributed by atoms with Gasteiger partial charge in [0.2, 0.25) is 0 Å². The molecule has 0 unspecified atom stereocenters. The van der Waals surface area contributed by atoms with Gasteiger partial charge in [0, 0.05) is 4.90 Å². The maximum atomic E-state index is 11.9. The zero-order chi connectivity index (χ0) is 7.40. The minimum Gasteiger partial charge on any atom is -0.497 e. The van der Waals surface area contributed by atoms with Crippen LogP contribution >= 0.6 is 12.1 Å². The Morgan fingerprint density at radius 2 is 2.30 bits per heavy atom. The summed E-state index contributed by atoms with van der Waals surface area (Å²) >= 11 is 0.218. The van der Waals surface area contributed by atoms with E-state index in [1.54, 1.807) is 31.4 Å². The van der Waals surface area contributed by atoms with E-state index < -0.39 is 0 Å². The number of hydrogen-bond acceptors (Lipinski definition) is 2. The highest BCUT2D eigenvalue weighted by Crippen LogP contribution is 2.22. The second-order valence-electron chi connectivity index (χ2n) is 1.76. The van der Waals surface area contributed by atoms with E-state index in [0.29, 0.717) is 10.6 Å². The van der Waals surface area contributed by atoms with Crippen LogP contribution in [-0.2, 0) is 0 Å². The molecule has 10 heavy (non-hydrogen) atoms. The number of hydrogen-bond donors (Lipinski definition) is 0. The topological polar surface area (TPSA) is 9.23 Å². The Hall–Kier alpha value is -0.700. The molecule has 0 amide bonds. The zero-order valence-electron chi connectivity index (χ0n) is 5.50. The fraction of sp³-hybridized carbons (Fsp3) is 0.143. The third-order valence-corrected chi connectivity index (χ3v) is 1.56. The van der Waals surface area contributed by atoms with Crippen LogP contribution in [0.25, 0.3) is 0 Å². The third-order valence-electron chi connectivity index (χ3n) is 1.13. The van der Waals surface area contributed by atoms with Crippen molar-refractivity contribution in [3.8, 4) is 5.75 Å². The number of rotatable bonds is 2. The van der Waals surface area contributed by atoms with Crippen LogP contribution in [0.3, 0.4) is 0 Å². The quantitative estimate of drug-likeness (QED) is 0.654. The Kier molecular flexibility index (Phi) is 2.57. The minimum atomic E-state index is 0.218. The molecule has 0 heterocycles. The molecule has 0 aliphatic carbocycles. The molecule has 1 rings (SSSR count). The summed E-state index contributed by atoms with van der Waals surface area (Å²) in [4.78, 5) is 0.569. The Morgan fingerprint density at radius 1 is 1.50 bits per heavy atom. The Balaban J connectivity index is 2.87. The number of ether oxygens (including phenoxy) is 1. The Bertz CT molecular complexity index is 195. The zero-order valence-corrected chi connectivity index (χ0v) is 6.32. The molecule has 1 nitrogen and oxygen atoms in total. The molecule has 0 saturated heterocycles. The van der Waals surface area contributed by atoms with Crippen LogP contribution < -0.4 is 4.74 Å². The van der Waals surface area contributed by atoms with E-state index in [4.69, 9.17) is 4.74 Å². The predicted octanol–water partition coefficient (Wildman–Crippen LogP) is 2.67. The van der Waals surface area contributed by atoms with Crippen LogP contribution in [0.4, 0.5) is 3.89 Å². The van der Waals surface area contributed by atoms with Gasteiger partial charge in [-0.3, -0.25) is 0 Å². The van der Waals surface area contributed by atoms with Crippen LogP contribution in [0.15, 0.2) is 29.2 Å². The van der Waals surface area contributed by atoms with E-state index in [1.807, 2.05) is 0 Å². The molecule has 0 N–H and O–H groups in total. The van der Waals surface area contributed by atoms with Crippen molar-refractivity contribution in [2.75, 3.05) is 7.11 Å². The lowest BCUT2D eigenvalue weighted by Crippen LogP contribution is -1.80. The van der Waals surface area contributed by atoms with Gasteiger partial charge in [-0.2, -0.15) is 3.89 Å². The molecule has 0 fully saturated rings. The van der Waals surface area contributed by atoms with Crippen molar-refractivity contribution in [2.24, 2.45) is 0 Å². The lowest BCUT2D eigenvalue weighted by atomic mass is 10.3. The number of benzene rings is 1. The van der Waals surface area contributed by atoms with E-state index in [1.165, 1.54) is 0 Å². The summed E-state index contributed by atoms with van der Waals surface area (Å²) in [7, 11) is 1.56. The van der Waals surface area contributed by atoms with Gasteiger partial charge in [-0.25, -0.2) is 0 Å². The van der Waals surface area contributed by atoms with Gasteiger partial charge in [0.1, 0.15) is 5.75 Å². The van der Waals surface area contributed by atoms with Crippen molar-refractivity contribution < 1.29 is 8.62 Å². The fourth-order valence-electron chi connectivity index (χ4n) is 0.649. The first kappa shape index (κ1) is 7.41. The van der Waals surface area contributed by atoms with Crippen LogP contribution in [0, 0.1) is 0 Å². The van der Waals surface area contributed by atoms with Gasteiger partial charge in [0.25, 0.3) is 0 Å². The second kappa shape index (κ2) is 3.46. The summed E-state index contributed by atoms with van der Waals surface area (Å²) < 4.78 is 16.8. The van der Waals surface area contributed by atoms with Crippen molar-refractivity contribution in [3.63, 3.8) is 0 Å². The third kappa shape index (κ3) is 1.64. The molecule has 0 aliphatic rings. The van der Waals surface area contributed by atoms with Crippen molar-refractivity contribution in [1.29, 1.82) is 0 Å². The molecule has 1 aromatic carbocycles. The van der Waals surface area contributed by atoms with E-state index in [9.17, 15) is 3.89 Å². The minimum absolute atomic E-state index is 0.218. The van der Waals surface area contributed by atoms with E-state index in [-0.39, 0.29) is 12.1 Å². The van der Waals surface area contributed by atoms with E-state index in [0.717, 1.165) is 0 Å². The monoisotopic (exact) mass is 158 g/mol. The molecule has 0 aromatic heterocycles. The highest BCUT2D eigenvalue weighted by molar-refractivity contribution is 7.94. The Morgan fingerprint density at radius 3 is 2.90 bits per heavy atom. The molecule has 0 spiro atoms. The van der Waals surface area contributed by atoms with E-state index in [2.05, 4.69) is 0 Å². The summed E-state index contributed by atoms with van der Waals surface area (Å²) in [6.07, 6.45) is 0. The Labute approximate surface area is 63.5 Å². The first-order chi connectivity index (χ1) is 4.86. The highest BCUT2D eigenvalue weighted by Gasteiger charge is 1.93. The largest absolute Gasteiger partial charge is 0.497 e. The smallest absolute Gasteiger partial charge is 0.120 e. The molecular formula is C7H7FOS. The lowest BCUT2D eigenvalue weighted by Gasteiger charge is -1.98. The normalized spacial score (nSPS) is 9.40. The standard InChI is InChI=1S/C7H7FOS/c1-9-6-3-2-4-7(5-6)10-8/h2-5H,1H3. The van der Waals surface area contributed by atoms with Gasteiger partial charge < -0.3 is 4.74 Å². The van der Waals surface area contributed by atoms with Gasteiger partial charge >= 0.3 is 0 Å². The maximum Gasteiger partial charge on any atom is 0.120 e. The van der Waals surface area contributed by atoms with Crippen LogP contribution in [0.2, 0.25) is 0 Å². The maximum absolute atomic E-state index is 11.9. The fourth-order valence-corrected chi connectivity index (χ4v) is 0.940. The van der Waals surface area contributed by atoms with Gasteiger partial charge in [-0.15, -0.1) is 0 Å².